The topological polar surface area (TPSA) is 86.7 Å². The minimum Gasteiger partial charge on any atom is -0.869 e. The van der Waals surface area contributed by atoms with Crippen LogP contribution in [0.15, 0.2) is 47.4 Å². The summed E-state index contributed by atoms with van der Waals surface area (Å²) in [5, 5.41) is 12.3. The van der Waals surface area contributed by atoms with Crippen molar-refractivity contribution in [3.8, 4) is 17.2 Å². The fourth-order valence-electron chi connectivity index (χ4n) is 3.33. The van der Waals surface area contributed by atoms with E-state index in [4.69, 9.17) is 4.74 Å². The second-order valence-corrected chi connectivity index (χ2v) is 8.74. The summed E-state index contributed by atoms with van der Waals surface area (Å²) in [6, 6.07) is 11.3. The summed E-state index contributed by atoms with van der Waals surface area (Å²) < 4.78 is 37.6. The van der Waals surface area contributed by atoms with Crippen molar-refractivity contribution in [1.29, 1.82) is 0 Å². The maximum Gasteiger partial charge on any atom is 1.00 e. The van der Waals surface area contributed by atoms with E-state index in [-0.39, 0.29) is 35.3 Å². The van der Waals surface area contributed by atoms with E-state index in [1.807, 2.05) is 18.2 Å². The predicted octanol–water partition coefficient (Wildman–Crippen LogP) is 2.88. The van der Waals surface area contributed by atoms with E-state index < -0.39 is 20.8 Å². The van der Waals surface area contributed by atoms with Gasteiger partial charge in [-0.3, -0.25) is 4.55 Å². The molecule has 0 atom stereocenters. The molecule has 0 aromatic heterocycles. The molecule has 2 rings (SSSR count). The number of ether oxygens (including phenoxy) is 1. The fourth-order valence-corrected chi connectivity index (χ4v) is 3.92. The summed E-state index contributed by atoms with van der Waals surface area (Å²) in [6.07, 6.45) is 12.1. The zero-order valence-electron chi connectivity index (χ0n) is 18.1. The van der Waals surface area contributed by atoms with Crippen LogP contribution in [0.25, 0.3) is 0 Å². The number of aryl methyl sites for hydroxylation is 1. The summed E-state index contributed by atoms with van der Waals surface area (Å²) in [7, 11) is -4.58. The Balaban J connectivity index is 0.00000450. The molecule has 30 heavy (non-hydrogen) atoms. The quantitative estimate of drug-likeness (QED) is 0.293. The summed E-state index contributed by atoms with van der Waals surface area (Å²) in [6.45, 7) is 2.23. The minimum absolute atomic E-state index is 0. The molecule has 0 bridgehead atoms. The first-order valence-electron chi connectivity index (χ1n) is 10.5. The third-order valence-electron chi connectivity index (χ3n) is 4.96. The largest absolute Gasteiger partial charge is 1.00 e. The van der Waals surface area contributed by atoms with Crippen molar-refractivity contribution in [3.63, 3.8) is 0 Å². The molecule has 0 radical (unpaired) electrons. The van der Waals surface area contributed by atoms with Crippen molar-refractivity contribution >= 4 is 10.1 Å². The number of hydrogen-bond donors (Lipinski definition) is 1. The summed E-state index contributed by atoms with van der Waals surface area (Å²) in [5.41, 5.74) is 0.979. The van der Waals surface area contributed by atoms with E-state index >= 15 is 0 Å². The molecule has 0 aliphatic carbocycles. The molecule has 2 aromatic carbocycles. The molecule has 0 fully saturated rings. The monoisotopic (exact) mass is 442 g/mol. The Labute approximate surface area is 202 Å². The summed E-state index contributed by atoms with van der Waals surface area (Å²) >= 11 is 0. The SMILES string of the molecule is CCCCCCCCCCCc1ccccc1Oc1cccc(S(=O)(=O)O)c1[O-].[Na+]. The van der Waals surface area contributed by atoms with Gasteiger partial charge in [-0.15, -0.1) is 0 Å². The molecule has 0 saturated carbocycles. The van der Waals surface area contributed by atoms with Crippen molar-refractivity contribution in [1.82, 2.24) is 0 Å². The van der Waals surface area contributed by atoms with Crippen LogP contribution >= 0.6 is 0 Å². The zero-order valence-corrected chi connectivity index (χ0v) is 20.9. The van der Waals surface area contributed by atoms with Crippen LogP contribution < -0.4 is 39.4 Å². The van der Waals surface area contributed by atoms with Gasteiger partial charge in [0.05, 0.1) is 4.90 Å². The molecule has 0 heterocycles. The van der Waals surface area contributed by atoms with Gasteiger partial charge in [0.1, 0.15) is 11.5 Å². The fraction of sp³-hybridized carbons (Fsp3) is 0.478. The van der Waals surface area contributed by atoms with Gasteiger partial charge in [0, 0.05) is 0 Å². The first kappa shape index (κ1) is 27.0. The average Bonchev–Trinajstić information content (AvgIpc) is 2.68. The minimum atomic E-state index is -4.58. The number of para-hydroxylation sites is 2. The Morgan fingerprint density at radius 1 is 0.833 bits per heavy atom. The number of unbranched alkanes of at least 4 members (excludes halogenated alkanes) is 8. The van der Waals surface area contributed by atoms with Crippen LogP contribution in [0.2, 0.25) is 0 Å². The number of hydrogen-bond acceptors (Lipinski definition) is 4. The maximum absolute atomic E-state index is 12.3. The zero-order chi connectivity index (χ0) is 21.1. The Morgan fingerprint density at radius 3 is 2.03 bits per heavy atom. The third kappa shape index (κ3) is 8.98. The molecule has 7 heteroatoms. The smallest absolute Gasteiger partial charge is 0.869 e. The van der Waals surface area contributed by atoms with Gasteiger partial charge in [0.25, 0.3) is 10.1 Å². The van der Waals surface area contributed by atoms with Gasteiger partial charge < -0.3 is 9.84 Å². The first-order valence-corrected chi connectivity index (χ1v) is 11.9. The molecule has 2 aromatic rings. The van der Waals surface area contributed by atoms with E-state index in [9.17, 15) is 18.1 Å². The molecule has 1 N–H and O–H groups in total. The van der Waals surface area contributed by atoms with Crippen LogP contribution in [-0.4, -0.2) is 13.0 Å². The Morgan fingerprint density at radius 2 is 1.40 bits per heavy atom. The van der Waals surface area contributed by atoms with E-state index in [0.717, 1.165) is 30.9 Å². The van der Waals surface area contributed by atoms with Crippen molar-refractivity contribution < 1.29 is 52.4 Å². The molecular weight excluding hydrogens is 411 g/mol. The summed E-state index contributed by atoms with van der Waals surface area (Å²) in [5.74, 6) is -0.413. The van der Waals surface area contributed by atoms with Crippen LogP contribution in [0.3, 0.4) is 0 Å². The van der Waals surface area contributed by atoms with E-state index in [1.54, 1.807) is 6.07 Å². The van der Waals surface area contributed by atoms with Crippen molar-refractivity contribution in [2.75, 3.05) is 0 Å². The van der Waals surface area contributed by atoms with Crippen LogP contribution in [0.5, 0.6) is 17.2 Å². The standard InChI is InChI=1S/C23H32O5S.Na/c1-2-3-4-5-6-7-8-9-10-14-19-15-11-12-16-20(19)28-21-17-13-18-22(23(21)24)29(25,26)27;/h11-13,15-18,24H,2-10,14H2,1H3,(H,25,26,27);/q;+1/p-1. The van der Waals surface area contributed by atoms with E-state index in [0.29, 0.717) is 5.75 Å². The van der Waals surface area contributed by atoms with Gasteiger partial charge in [0.2, 0.25) is 0 Å². The molecular formula is C23H31NaO5S. The van der Waals surface area contributed by atoms with Crippen LogP contribution in [0.1, 0.15) is 70.3 Å². The first-order chi connectivity index (χ1) is 13.9. The van der Waals surface area contributed by atoms with Crippen LogP contribution in [-0.2, 0) is 16.5 Å². The van der Waals surface area contributed by atoms with Crippen LogP contribution in [0, 0.1) is 0 Å². The Kier molecular flexibility index (Phi) is 12.7. The number of benzene rings is 2. The Bertz CT molecular complexity index is 868. The van der Waals surface area contributed by atoms with Crippen molar-refractivity contribution in [2.24, 2.45) is 0 Å². The molecule has 160 valence electrons. The van der Waals surface area contributed by atoms with E-state index in [2.05, 4.69) is 6.92 Å². The molecule has 0 unspecified atom stereocenters. The van der Waals surface area contributed by atoms with Gasteiger partial charge in [-0.05, 0) is 42.4 Å². The normalized spacial score (nSPS) is 11.1. The van der Waals surface area contributed by atoms with Gasteiger partial charge >= 0.3 is 29.6 Å². The van der Waals surface area contributed by atoms with Crippen molar-refractivity contribution in [3.05, 3.63) is 48.0 Å². The Hall–Kier alpha value is -1.05. The van der Waals surface area contributed by atoms with Gasteiger partial charge in [-0.1, -0.05) is 82.6 Å². The van der Waals surface area contributed by atoms with Crippen molar-refractivity contribution in [2.45, 2.75) is 76.0 Å². The maximum atomic E-state index is 12.3. The summed E-state index contributed by atoms with van der Waals surface area (Å²) in [4.78, 5) is -0.675. The van der Waals surface area contributed by atoms with Gasteiger partial charge in [-0.2, -0.15) is 8.42 Å². The van der Waals surface area contributed by atoms with Gasteiger partial charge in [0.15, 0.2) is 0 Å². The molecule has 0 saturated heterocycles. The van der Waals surface area contributed by atoms with E-state index in [1.165, 1.54) is 57.1 Å². The molecule has 0 aliphatic heterocycles. The van der Waals surface area contributed by atoms with Gasteiger partial charge in [-0.25, -0.2) is 0 Å². The molecule has 5 nitrogen and oxygen atoms in total. The second kappa shape index (κ2) is 14.1. The second-order valence-electron chi connectivity index (χ2n) is 7.35. The predicted molar refractivity (Wildman–Crippen MR) is 113 cm³/mol. The van der Waals surface area contributed by atoms with Crippen LogP contribution in [0.4, 0.5) is 0 Å². The number of rotatable bonds is 13. The average molecular weight is 443 g/mol. The molecule has 0 amide bonds. The molecule has 0 spiro atoms. The third-order valence-corrected chi connectivity index (χ3v) is 5.84. The molecule has 0 aliphatic rings.